The molecule has 0 bridgehead atoms. The van der Waals surface area contributed by atoms with Crippen molar-refractivity contribution in [2.75, 3.05) is 33.3 Å². The lowest BCUT2D eigenvalue weighted by Gasteiger charge is -2.34. The molecule has 0 atom stereocenters. The van der Waals surface area contributed by atoms with Crippen LogP contribution in [0.2, 0.25) is 0 Å². The summed E-state index contributed by atoms with van der Waals surface area (Å²) in [5.74, 6) is 2.01. The van der Waals surface area contributed by atoms with E-state index in [1.807, 2.05) is 59.5 Å². The normalized spacial score (nSPS) is 14.8. The van der Waals surface area contributed by atoms with Crippen LogP contribution in [0.4, 0.5) is 0 Å². The highest BCUT2D eigenvalue weighted by atomic mass is 16.5. The van der Waals surface area contributed by atoms with E-state index in [1.165, 1.54) is 0 Å². The summed E-state index contributed by atoms with van der Waals surface area (Å²) in [6.45, 7) is 3.55. The number of carbonyl (C=O) groups is 1. The first kappa shape index (κ1) is 18.2. The fourth-order valence-corrected chi connectivity index (χ4v) is 3.24. The van der Waals surface area contributed by atoms with Gasteiger partial charge in [0.1, 0.15) is 5.75 Å². The SMILES string of the molecule is COc1ccc(-c2nc(CN3CCN(C(=O)c4ccccc4)CC3)no2)cc1. The molecule has 0 N–H and O–H groups in total. The van der Waals surface area contributed by atoms with Crippen LogP contribution in [-0.2, 0) is 6.54 Å². The largest absolute Gasteiger partial charge is 0.497 e. The van der Waals surface area contributed by atoms with Crippen molar-refractivity contribution in [2.24, 2.45) is 0 Å². The van der Waals surface area contributed by atoms with Crippen molar-refractivity contribution in [1.29, 1.82) is 0 Å². The lowest BCUT2D eigenvalue weighted by atomic mass is 10.2. The Morgan fingerprint density at radius 3 is 2.43 bits per heavy atom. The van der Waals surface area contributed by atoms with Crippen LogP contribution < -0.4 is 4.74 Å². The second-order valence-corrected chi connectivity index (χ2v) is 6.68. The van der Waals surface area contributed by atoms with Gasteiger partial charge in [-0.1, -0.05) is 23.4 Å². The number of nitrogens with zero attached hydrogens (tertiary/aromatic N) is 4. The maximum absolute atomic E-state index is 12.5. The molecular formula is C21H22N4O3. The second kappa shape index (κ2) is 8.22. The quantitative estimate of drug-likeness (QED) is 0.680. The molecule has 28 heavy (non-hydrogen) atoms. The molecule has 1 saturated heterocycles. The van der Waals surface area contributed by atoms with Gasteiger partial charge in [-0.15, -0.1) is 0 Å². The fourth-order valence-electron chi connectivity index (χ4n) is 3.24. The van der Waals surface area contributed by atoms with Crippen molar-refractivity contribution in [3.05, 3.63) is 66.0 Å². The highest BCUT2D eigenvalue weighted by molar-refractivity contribution is 5.94. The summed E-state index contributed by atoms with van der Waals surface area (Å²) in [6, 6.07) is 16.9. The van der Waals surface area contributed by atoms with Gasteiger partial charge in [0.15, 0.2) is 5.82 Å². The van der Waals surface area contributed by atoms with Crippen LogP contribution in [0.5, 0.6) is 5.75 Å². The molecule has 2 aromatic carbocycles. The number of amides is 1. The summed E-state index contributed by atoms with van der Waals surface area (Å²) < 4.78 is 10.6. The highest BCUT2D eigenvalue weighted by Crippen LogP contribution is 2.21. The molecule has 0 unspecified atom stereocenters. The molecule has 1 amide bonds. The minimum Gasteiger partial charge on any atom is -0.497 e. The molecule has 4 rings (SSSR count). The number of piperazine rings is 1. The van der Waals surface area contributed by atoms with Crippen LogP contribution in [0.1, 0.15) is 16.2 Å². The van der Waals surface area contributed by atoms with E-state index in [2.05, 4.69) is 15.0 Å². The van der Waals surface area contributed by atoms with E-state index in [-0.39, 0.29) is 5.91 Å². The lowest BCUT2D eigenvalue weighted by molar-refractivity contribution is 0.0624. The van der Waals surface area contributed by atoms with E-state index < -0.39 is 0 Å². The van der Waals surface area contributed by atoms with Gasteiger partial charge in [-0.25, -0.2) is 0 Å². The first-order valence-corrected chi connectivity index (χ1v) is 9.26. The minimum absolute atomic E-state index is 0.0848. The van der Waals surface area contributed by atoms with Gasteiger partial charge in [-0.2, -0.15) is 4.98 Å². The molecule has 1 aliphatic heterocycles. The summed E-state index contributed by atoms with van der Waals surface area (Å²) >= 11 is 0. The monoisotopic (exact) mass is 378 g/mol. The predicted octanol–water partition coefficient (Wildman–Crippen LogP) is 2.70. The minimum atomic E-state index is 0.0848. The molecule has 7 nitrogen and oxygen atoms in total. The third kappa shape index (κ3) is 4.04. The molecule has 2 heterocycles. The second-order valence-electron chi connectivity index (χ2n) is 6.68. The number of hydrogen-bond donors (Lipinski definition) is 0. The summed E-state index contributed by atoms with van der Waals surface area (Å²) in [5.41, 5.74) is 1.59. The average molecular weight is 378 g/mol. The maximum Gasteiger partial charge on any atom is 0.257 e. The van der Waals surface area contributed by atoms with Crippen LogP contribution in [0, 0.1) is 0 Å². The number of methoxy groups -OCH3 is 1. The van der Waals surface area contributed by atoms with Crippen LogP contribution in [0.15, 0.2) is 59.1 Å². The van der Waals surface area contributed by atoms with Gasteiger partial charge in [0, 0.05) is 37.3 Å². The van der Waals surface area contributed by atoms with Crippen molar-refractivity contribution in [1.82, 2.24) is 19.9 Å². The van der Waals surface area contributed by atoms with Crippen LogP contribution in [0.3, 0.4) is 0 Å². The van der Waals surface area contributed by atoms with Crippen molar-refractivity contribution < 1.29 is 14.1 Å². The summed E-state index contributed by atoms with van der Waals surface area (Å²) in [4.78, 5) is 21.1. The number of aromatic nitrogens is 2. The van der Waals surface area contributed by atoms with Crippen LogP contribution in [0.25, 0.3) is 11.5 Å². The molecule has 0 aliphatic carbocycles. The summed E-state index contributed by atoms with van der Waals surface area (Å²) in [5, 5.41) is 4.09. The van der Waals surface area contributed by atoms with Gasteiger partial charge in [-0.3, -0.25) is 9.69 Å². The first-order chi connectivity index (χ1) is 13.7. The molecular weight excluding hydrogens is 356 g/mol. The van der Waals surface area contributed by atoms with Crippen molar-refractivity contribution in [3.63, 3.8) is 0 Å². The highest BCUT2D eigenvalue weighted by Gasteiger charge is 2.23. The molecule has 0 spiro atoms. The van der Waals surface area contributed by atoms with E-state index in [1.54, 1.807) is 7.11 Å². The Balaban J connectivity index is 1.32. The van der Waals surface area contributed by atoms with E-state index >= 15 is 0 Å². The summed E-state index contributed by atoms with van der Waals surface area (Å²) in [6.07, 6.45) is 0. The molecule has 1 aromatic heterocycles. The topological polar surface area (TPSA) is 71.7 Å². The number of hydrogen-bond acceptors (Lipinski definition) is 6. The molecule has 0 saturated carbocycles. The first-order valence-electron chi connectivity index (χ1n) is 9.26. The van der Waals surface area contributed by atoms with E-state index in [4.69, 9.17) is 9.26 Å². The predicted molar refractivity (Wildman–Crippen MR) is 104 cm³/mol. The number of ether oxygens (including phenoxy) is 1. The van der Waals surface area contributed by atoms with Gasteiger partial charge in [-0.05, 0) is 36.4 Å². The third-order valence-corrected chi connectivity index (χ3v) is 4.85. The van der Waals surface area contributed by atoms with E-state index in [9.17, 15) is 4.79 Å². The van der Waals surface area contributed by atoms with Crippen LogP contribution >= 0.6 is 0 Å². The fraction of sp³-hybridized carbons (Fsp3) is 0.286. The summed E-state index contributed by atoms with van der Waals surface area (Å²) in [7, 11) is 1.63. The Hall–Kier alpha value is -3.19. The molecule has 144 valence electrons. The van der Waals surface area contributed by atoms with Gasteiger partial charge in [0.05, 0.1) is 13.7 Å². The Morgan fingerprint density at radius 1 is 1.04 bits per heavy atom. The lowest BCUT2D eigenvalue weighted by Crippen LogP contribution is -2.48. The standard InChI is InChI=1S/C21H22N4O3/c1-27-18-9-7-16(8-10-18)20-22-19(23-28-20)15-24-11-13-25(14-12-24)21(26)17-5-3-2-4-6-17/h2-10H,11-15H2,1H3. The van der Waals surface area contributed by atoms with E-state index in [0.29, 0.717) is 31.3 Å². The number of carbonyl (C=O) groups excluding carboxylic acids is 1. The van der Waals surface area contributed by atoms with Crippen molar-refractivity contribution in [3.8, 4) is 17.2 Å². The molecule has 3 aromatic rings. The molecule has 7 heteroatoms. The van der Waals surface area contributed by atoms with E-state index in [0.717, 1.165) is 30.0 Å². The average Bonchev–Trinajstić information content (AvgIpc) is 3.23. The van der Waals surface area contributed by atoms with Gasteiger partial charge in [0.2, 0.25) is 0 Å². The zero-order chi connectivity index (χ0) is 19.3. The smallest absolute Gasteiger partial charge is 0.257 e. The Kier molecular flexibility index (Phi) is 5.34. The van der Waals surface area contributed by atoms with Gasteiger partial charge < -0.3 is 14.2 Å². The molecule has 0 radical (unpaired) electrons. The zero-order valence-electron chi connectivity index (χ0n) is 15.7. The molecule has 1 aliphatic rings. The van der Waals surface area contributed by atoms with Crippen molar-refractivity contribution in [2.45, 2.75) is 6.54 Å². The van der Waals surface area contributed by atoms with Crippen molar-refractivity contribution >= 4 is 5.91 Å². The Morgan fingerprint density at radius 2 is 1.75 bits per heavy atom. The number of benzene rings is 2. The Labute approximate surface area is 163 Å². The zero-order valence-corrected chi connectivity index (χ0v) is 15.7. The Bertz CT molecular complexity index is 916. The third-order valence-electron chi connectivity index (χ3n) is 4.85. The van der Waals surface area contributed by atoms with Gasteiger partial charge in [0.25, 0.3) is 11.8 Å². The van der Waals surface area contributed by atoms with Crippen LogP contribution in [-0.4, -0.2) is 59.1 Å². The number of rotatable bonds is 5. The maximum atomic E-state index is 12.5. The molecule has 1 fully saturated rings. The van der Waals surface area contributed by atoms with Gasteiger partial charge >= 0.3 is 0 Å².